The second-order valence-corrected chi connectivity index (χ2v) is 8.64. The van der Waals surface area contributed by atoms with Gasteiger partial charge < -0.3 is 34.8 Å². The predicted molar refractivity (Wildman–Crippen MR) is 136 cm³/mol. The van der Waals surface area contributed by atoms with Crippen molar-refractivity contribution in [2.45, 2.75) is 0 Å². The Balaban J connectivity index is 1.56. The van der Waals surface area contributed by atoms with Crippen LogP contribution in [0.5, 0.6) is 5.75 Å². The summed E-state index contributed by atoms with van der Waals surface area (Å²) < 4.78 is 6.83. The molecule has 0 bridgehead atoms. The number of aliphatic carboxylic acids is 1. The highest BCUT2D eigenvalue weighted by atomic mass is 35.5. The van der Waals surface area contributed by atoms with Crippen LogP contribution in [-0.2, 0) is 21.4 Å². The molecule has 0 saturated carbocycles. The number of carboxylic acids is 1. The zero-order chi connectivity index (χ0) is 26.7. The first-order valence-electron chi connectivity index (χ1n) is 11.2. The number of carbonyl (C=O) groups is 3. The van der Waals surface area contributed by atoms with E-state index in [0.717, 1.165) is 0 Å². The van der Waals surface area contributed by atoms with Crippen molar-refractivity contribution < 1.29 is 24.2 Å². The fourth-order valence-electron chi connectivity index (χ4n) is 3.79. The van der Waals surface area contributed by atoms with Gasteiger partial charge >= 0.3 is 5.97 Å². The average Bonchev–Trinajstić information content (AvgIpc) is 2.87. The van der Waals surface area contributed by atoms with Crippen LogP contribution in [0, 0.1) is 0 Å². The first-order chi connectivity index (χ1) is 17.7. The number of aryl methyl sites for hydroxylation is 1. The van der Waals surface area contributed by atoms with E-state index in [-0.39, 0.29) is 60.3 Å². The van der Waals surface area contributed by atoms with Crippen molar-refractivity contribution in [1.82, 2.24) is 24.8 Å². The zero-order valence-corrected chi connectivity index (χ0v) is 20.8. The predicted octanol–water partition coefficient (Wildman–Crippen LogP) is 0.584. The van der Waals surface area contributed by atoms with E-state index in [1.54, 1.807) is 36.2 Å². The molecule has 4 rings (SSSR count). The molecule has 3 heterocycles. The van der Waals surface area contributed by atoms with E-state index in [0.29, 0.717) is 29.0 Å². The number of halogens is 1. The van der Waals surface area contributed by atoms with Crippen LogP contribution < -0.4 is 25.8 Å². The largest absolute Gasteiger partial charge is 0.480 e. The summed E-state index contributed by atoms with van der Waals surface area (Å²) in [5, 5.41) is 15.4. The topological polar surface area (TPSA) is 159 Å². The Hall–Kier alpha value is -4.39. The lowest BCUT2D eigenvalue weighted by Gasteiger charge is -2.33. The van der Waals surface area contributed by atoms with Gasteiger partial charge in [-0.1, -0.05) is 11.6 Å². The summed E-state index contributed by atoms with van der Waals surface area (Å²) in [5.74, 6) is -1.18. The molecule has 194 valence electrons. The van der Waals surface area contributed by atoms with E-state index in [1.807, 2.05) is 0 Å². The number of pyridine rings is 1. The second-order valence-electron chi connectivity index (χ2n) is 8.23. The van der Waals surface area contributed by atoms with Crippen molar-refractivity contribution in [2.75, 3.05) is 50.1 Å². The van der Waals surface area contributed by atoms with Crippen LogP contribution in [0.3, 0.4) is 0 Å². The van der Waals surface area contributed by atoms with E-state index in [9.17, 15) is 19.2 Å². The number of amides is 2. The highest BCUT2D eigenvalue weighted by molar-refractivity contribution is 6.32. The van der Waals surface area contributed by atoms with Crippen LogP contribution in [0.15, 0.2) is 35.3 Å². The molecule has 0 atom stereocenters. The van der Waals surface area contributed by atoms with E-state index >= 15 is 0 Å². The van der Waals surface area contributed by atoms with Crippen molar-refractivity contribution in [3.05, 3.63) is 45.8 Å². The maximum atomic E-state index is 12.6. The molecule has 0 unspecified atom stereocenters. The number of anilines is 3. The number of nitrogens with one attached hydrogen (secondary N) is 2. The molecule has 14 heteroatoms. The van der Waals surface area contributed by atoms with Gasteiger partial charge in [0.05, 0.1) is 11.7 Å². The third-order valence-corrected chi connectivity index (χ3v) is 6.03. The number of carbonyl (C=O) groups excluding carboxylic acids is 2. The Morgan fingerprint density at radius 1 is 1.22 bits per heavy atom. The molecule has 3 N–H and O–H groups in total. The molecule has 3 aromatic rings. The summed E-state index contributed by atoms with van der Waals surface area (Å²) in [7, 11) is 3.08. The fourth-order valence-corrected chi connectivity index (χ4v) is 3.93. The Kier molecular flexibility index (Phi) is 7.43. The maximum Gasteiger partial charge on any atom is 0.323 e. The van der Waals surface area contributed by atoms with Crippen LogP contribution in [0.25, 0.3) is 10.9 Å². The third-order valence-electron chi connectivity index (χ3n) is 5.75. The highest BCUT2D eigenvalue weighted by Gasteiger charge is 2.27. The monoisotopic (exact) mass is 529 g/mol. The van der Waals surface area contributed by atoms with Crippen molar-refractivity contribution in [3.63, 3.8) is 0 Å². The lowest BCUT2D eigenvalue weighted by Crippen LogP contribution is -2.52. The quantitative estimate of drug-likeness (QED) is 0.377. The van der Waals surface area contributed by atoms with Crippen LogP contribution in [0.4, 0.5) is 17.5 Å². The maximum absolute atomic E-state index is 12.6. The molecule has 2 aromatic heterocycles. The number of nitrogens with zero attached hydrogens (tertiary/aromatic N) is 5. The molecule has 1 saturated heterocycles. The van der Waals surface area contributed by atoms with Gasteiger partial charge in [0.2, 0.25) is 11.9 Å². The van der Waals surface area contributed by atoms with Crippen LogP contribution in [-0.4, -0.2) is 82.2 Å². The smallest absolute Gasteiger partial charge is 0.323 e. The summed E-state index contributed by atoms with van der Waals surface area (Å²) in [6, 6.07) is 6.83. The van der Waals surface area contributed by atoms with Gasteiger partial charge in [-0.25, -0.2) is 4.98 Å². The van der Waals surface area contributed by atoms with Gasteiger partial charge in [0.1, 0.15) is 18.1 Å². The normalized spacial score (nSPS) is 13.5. The number of hydrogen-bond acceptors (Lipinski definition) is 9. The lowest BCUT2D eigenvalue weighted by atomic mass is 10.2. The fraction of sp³-hybridized carbons (Fsp3) is 0.304. The van der Waals surface area contributed by atoms with E-state index in [2.05, 4.69) is 20.6 Å². The molecule has 13 nitrogen and oxygen atoms in total. The van der Waals surface area contributed by atoms with E-state index < -0.39 is 5.97 Å². The standard InChI is InChI=1S/C23H24ClN7O6/c1-25-18(32)12-37-17-8-13-7-14(3-4-16(13)29(2)22(17)36)27-21-15(24)9-26-23(28-21)31-6-5-30(11-20(34)35)19(33)10-31/h3-4,7-9H,5-6,10-12H2,1-2H3,(H,25,32)(H,34,35)(H,26,27,28). The Morgan fingerprint density at radius 3 is 2.70 bits per heavy atom. The molecule has 1 fully saturated rings. The second kappa shape index (κ2) is 10.7. The minimum Gasteiger partial charge on any atom is -0.480 e. The van der Waals surface area contributed by atoms with Gasteiger partial charge in [0.25, 0.3) is 11.5 Å². The van der Waals surface area contributed by atoms with Gasteiger partial charge in [0.15, 0.2) is 18.2 Å². The molecule has 1 aliphatic rings. The number of rotatable bonds is 8. The minimum atomic E-state index is -1.07. The average molecular weight is 530 g/mol. The Labute approximate surface area is 215 Å². The highest BCUT2D eigenvalue weighted by Crippen LogP contribution is 2.28. The summed E-state index contributed by atoms with van der Waals surface area (Å²) in [6.45, 7) is -0.109. The summed E-state index contributed by atoms with van der Waals surface area (Å²) in [6.07, 6.45) is 1.41. The van der Waals surface area contributed by atoms with Gasteiger partial charge in [-0.15, -0.1) is 0 Å². The summed E-state index contributed by atoms with van der Waals surface area (Å²) >= 11 is 6.32. The molecular formula is C23H24ClN7O6. The Morgan fingerprint density at radius 2 is 2.00 bits per heavy atom. The number of piperazine rings is 1. The van der Waals surface area contributed by atoms with Crippen molar-refractivity contribution in [1.29, 1.82) is 0 Å². The van der Waals surface area contributed by atoms with Crippen LogP contribution in [0.1, 0.15) is 0 Å². The van der Waals surface area contributed by atoms with E-state index in [1.165, 1.54) is 22.7 Å². The zero-order valence-electron chi connectivity index (χ0n) is 20.0. The lowest BCUT2D eigenvalue weighted by molar-refractivity contribution is -0.144. The minimum absolute atomic E-state index is 0.0322. The number of fused-ring (bicyclic) bond motifs is 1. The van der Waals surface area contributed by atoms with Crippen LogP contribution >= 0.6 is 11.6 Å². The Bertz CT molecular complexity index is 1440. The number of hydrogen-bond donors (Lipinski definition) is 3. The van der Waals surface area contributed by atoms with Crippen LogP contribution in [0.2, 0.25) is 5.02 Å². The molecule has 2 amide bonds. The molecule has 1 aromatic carbocycles. The molecule has 1 aliphatic heterocycles. The molecule has 0 spiro atoms. The molecule has 0 aliphatic carbocycles. The van der Waals surface area contributed by atoms with Crippen molar-refractivity contribution in [3.8, 4) is 5.75 Å². The van der Waals surface area contributed by atoms with Gasteiger partial charge in [-0.3, -0.25) is 19.2 Å². The summed E-state index contributed by atoms with van der Waals surface area (Å²) in [4.78, 5) is 59.0. The molecular weight excluding hydrogens is 506 g/mol. The number of carboxylic acid groups (broad SMARTS) is 1. The van der Waals surface area contributed by atoms with Crippen molar-refractivity contribution in [2.24, 2.45) is 7.05 Å². The number of benzene rings is 1. The van der Waals surface area contributed by atoms with Gasteiger partial charge in [-0.2, -0.15) is 4.98 Å². The first-order valence-corrected chi connectivity index (χ1v) is 11.6. The molecule has 0 radical (unpaired) electrons. The van der Waals surface area contributed by atoms with Gasteiger partial charge in [0, 0.05) is 38.3 Å². The number of ether oxygens (including phenoxy) is 1. The molecule has 37 heavy (non-hydrogen) atoms. The van der Waals surface area contributed by atoms with Gasteiger partial charge in [-0.05, 0) is 24.3 Å². The first kappa shape index (κ1) is 25.7. The van der Waals surface area contributed by atoms with Crippen molar-refractivity contribution >= 4 is 57.7 Å². The SMILES string of the molecule is CNC(=O)COc1cc2cc(Nc3nc(N4CCN(CC(=O)O)C(=O)C4)ncc3Cl)ccc2n(C)c1=O. The number of aromatic nitrogens is 3. The number of likely N-dealkylation sites (N-methyl/N-ethyl adjacent to an activating group) is 1. The van der Waals surface area contributed by atoms with E-state index in [4.69, 9.17) is 21.4 Å². The third kappa shape index (κ3) is 5.72. The summed E-state index contributed by atoms with van der Waals surface area (Å²) in [5.41, 5.74) is 0.881.